The van der Waals surface area contributed by atoms with Gasteiger partial charge in [0.15, 0.2) is 6.29 Å². The molecule has 21 heavy (non-hydrogen) atoms. The van der Waals surface area contributed by atoms with Gasteiger partial charge in [-0.3, -0.25) is 10.1 Å². The number of nitro groups is 1. The van der Waals surface area contributed by atoms with E-state index in [-0.39, 0.29) is 17.7 Å². The first kappa shape index (κ1) is 15.3. The van der Waals surface area contributed by atoms with Gasteiger partial charge in [-0.2, -0.15) is 0 Å². The second-order valence-electron chi connectivity index (χ2n) is 4.45. The van der Waals surface area contributed by atoms with Crippen LogP contribution in [0, 0.1) is 10.1 Å². The molecule has 0 bridgehead atoms. The molecule has 0 aromatic heterocycles. The van der Waals surface area contributed by atoms with Crippen molar-refractivity contribution in [1.82, 2.24) is 0 Å². The Labute approximate surface area is 118 Å². The molecule has 1 aromatic rings. The number of hydrogen-bond donors (Lipinski definition) is 3. The molecule has 0 radical (unpaired) electrons. The monoisotopic (exact) mass is 299 g/mol. The lowest BCUT2D eigenvalue weighted by atomic mass is 10.00. The molecule has 0 spiro atoms. The summed E-state index contributed by atoms with van der Waals surface area (Å²) in [6.07, 6.45) is -7.20. The highest BCUT2D eigenvalue weighted by molar-refractivity contribution is 5.57. The lowest BCUT2D eigenvalue weighted by molar-refractivity contribution is -0.384. The standard InChI is InChI=1S/C12H13NO8/c14-5-8-9(15)10(16)11(17)12(21-8)20-7-3-1-6(2-4-7)13(18)19/h1-5,8-12,15-17H/t8-,9+,10+,11-,12+/m1/s1. The van der Waals surface area contributed by atoms with E-state index in [0.717, 1.165) is 0 Å². The Balaban J connectivity index is 2.10. The summed E-state index contributed by atoms with van der Waals surface area (Å²) in [4.78, 5) is 20.7. The van der Waals surface area contributed by atoms with Gasteiger partial charge in [0, 0.05) is 12.1 Å². The fourth-order valence-corrected chi connectivity index (χ4v) is 1.86. The molecule has 9 heteroatoms. The predicted octanol–water partition coefficient (Wildman–Crippen LogP) is -1.02. The molecule has 5 atom stereocenters. The maximum atomic E-state index is 10.7. The zero-order chi connectivity index (χ0) is 15.6. The van der Waals surface area contributed by atoms with Gasteiger partial charge in [0.1, 0.15) is 30.2 Å². The van der Waals surface area contributed by atoms with Gasteiger partial charge in [0.25, 0.3) is 5.69 Å². The fraction of sp³-hybridized carbons (Fsp3) is 0.417. The summed E-state index contributed by atoms with van der Waals surface area (Å²) in [5, 5.41) is 39.4. The summed E-state index contributed by atoms with van der Waals surface area (Å²) in [5.41, 5.74) is -0.145. The number of non-ortho nitro benzene ring substituents is 1. The summed E-state index contributed by atoms with van der Waals surface area (Å²) in [6, 6.07) is 4.93. The Morgan fingerprint density at radius 1 is 1.14 bits per heavy atom. The van der Waals surface area contributed by atoms with Gasteiger partial charge in [-0.25, -0.2) is 0 Å². The van der Waals surface area contributed by atoms with E-state index >= 15 is 0 Å². The molecule has 1 aliphatic rings. The smallest absolute Gasteiger partial charge is 0.269 e. The zero-order valence-corrected chi connectivity index (χ0v) is 10.6. The van der Waals surface area contributed by atoms with Crippen LogP contribution >= 0.6 is 0 Å². The second-order valence-corrected chi connectivity index (χ2v) is 4.45. The molecule has 1 heterocycles. The van der Waals surface area contributed by atoms with Crippen molar-refractivity contribution in [3.63, 3.8) is 0 Å². The lowest BCUT2D eigenvalue weighted by Gasteiger charge is -2.38. The normalized spacial score (nSPS) is 32.4. The van der Waals surface area contributed by atoms with E-state index in [0.29, 0.717) is 0 Å². The van der Waals surface area contributed by atoms with Gasteiger partial charge in [-0.1, -0.05) is 0 Å². The number of nitrogens with zero attached hydrogens (tertiary/aromatic N) is 1. The third-order valence-electron chi connectivity index (χ3n) is 3.04. The van der Waals surface area contributed by atoms with Crippen LogP contribution in [0.4, 0.5) is 5.69 Å². The molecule has 9 nitrogen and oxygen atoms in total. The summed E-state index contributed by atoms with van der Waals surface area (Å²) in [6.45, 7) is 0. The van der Waals surface area contributed by atoms with Crippen molar-refractivity contribution < 1.29 is 34.5 Å². The average Bonchev–Trinajstić information content (AvgIpc) is 2.48. The number of hydrogen-bond acceptors (Lipinski definition) is 8. The number of nitro benzene ring substituents is 1. The maximum Gasteiger partial charge on any atom is 0.269 e. The van der Waals surface area contributed by atoms with Crippen molar-refractivity contribution >= 4 is 12.0 Å². The van der Waals surface area contributed by atoms with E-state index in [1.54, 1.807) is 0 Å². The Kier molecular flexibility index (Phi) is 4.48. The van der Waals surface area contributed by atoms with Crippen molar-refractivity contribution in [1.29, 1.82) is 0 Å². The number of benzene rings is 1. The first-order valence-corrected chi connectivity index (χ1v) is 6.00. The molecule has 3 N–H and O–H groups in total. The third-order valence-corrected chi connectivity index (χ3v) is 3.04. The lowest BCUT2D eigenvalue weighted by Crippen LogP contribution is -2.59. The van der Waals surface area contributed by atoms with E-state index in [2.05, 4.69) is 0 Å². The SMILES string of the molecule is O=C[C@H]1O[C@H](Oc2ccc([N+](=O)[O-])cc2)[C@H](O)[C@@H](O)[C@H]1O. The Morgan fingerprint density at radius 3 is 2.29 bits per heavy atom. The maximum absolute atomic E-state index is 10.7. The molecule has 114 valence electrons. The minimum absolute atomic E-state index is 0.137. The number of carbonyl (C=O) groups is 1. The average molecular weight is 299 g/mol. The van der Waals surface area contributed by atoms with Crippen molar-refractivity contribution in [2.45, 2.75) is 30.7 Å². The molecule has 0 saturated carbocycles. The number of rotatable bonds is 4. The Bertz CT molecular complexity index is 518. The van der Waals surface area contributed by atoms with Gasteiger partial charge < -0.3 is 29.6 Å². The first-order valence-electron chi connectivity index (χ1n) is 6.00. The van der Waals surface area contributed by atoms with Gasteiger partial charge in [0.2, 0.25) is 6.29 Å². The van der Waals surface area contributed by atoms with Gasteiger partial charge >= 0.3 is 0 Å². The van der Waals surface area contributed by atoms with Crippen molar-refractivity contribution in [2.24, 2.45) is 0 Å². The molecular weight excluding hydrogens is 286 g/mol. The highest BCUT2D eigenvalue weighted by atomic mass is 16.7. The second kappa shape index (κ2) is 6.14. The fourth-order valence-electron chi connectivity index (χ4n) is 1.86. The number of aliphatic hydroxyl groups is 3. The summed E-state index contributed by atoms with van der Waals surface area (Å²) >= 11 is 0. The third kappa shape index (κ3) is 3.16. The van der Waals surface area contributed by atoms with Crippen molar-refractivity contribution in [2.75, 3.05) is 0 Å². The topological polar surface area (TPSA) is 139 Å². The minimum Gasteiger partial charge on any atom is -0.462 e. The number of aliphatic hydroxyl groups excluding tert-OH is 3. The zero-order valence-electron chi connectivity index (χ0n) is 10.6. The Morgan fingerprint density at radius 2 is 1.76 bits per heavy atom. The van der Waals surface area contributed by atoms with Crippen LogP contribution in [-0.2, 0) is 9.53 Å². The van der Waals surface area contributed by atoms with Gasteiger partial charge in [0.05, 0.1) is 4.92 Å². The van der Waals surface area contributed by atoms with E-state index < -0.39 is 35.6 Å². The highest BCUT2D eigenvalue weighted by Gasteiger charge is 2.44. The first-order chi connectivity index (χ1) is 9.93. The highest BCUT2D eigenvalue weighted by Crippen LogP contribution is 2.25. The van der Waals surface area contributed by atoms with E-state index in [4.69, 9.17) is 9.47 Å². The summed E-state index contributed by atoms with van der Waals surface area (Å²) < 4.78 is 10.3. The van der Waals surface area contributed by atoms with Crippen LogP contribution in [0.3, 0.4) is 0 Å². The van der Waals surface area contributed by atoms with Crippen LogP contribution in [0.15, 0.2) is 24.3 Å². The summed E-state index contributed by atoms with van der Waals surface area (Å²) in [5.74, 6) is 0.137. The van der Waals surface area contributed by atoms with Crippen molar-refractivity contribution in [3.05, 3.63) is 34.4 Å². The number of carbonyl (C=O) groups excluding carboxylic acids is 1. The summed E-state index contributed by atoms with van der Waals surface area (Å²) in [7, 11) is 0. The molecule has 0 aliphatic carbocycles. The molecule has 1 aromatic carbocycles. The van der Waals surface area contributed by atoms with Gasteiger partial charge in [-0.05, 0) is 12.1 Å². The molecule has 1 aliphatic heterocycles. The van der Waals surface area contributed by atoms with E-state index in [1.807, 2.05) is 0 Å². The number of ether oxygens (including phenoxy) is 2. The molecule has 0 unspecified atom stereocenters. The van der Waals surface area contributed by atoms with Gasteiger partial charge in [-0.15, -0.1) is 0 Å². The van der Waals surface area contributed by atoms with E-state index in [9.17, 15) is 30.2 Å². The molecule has 0 amide bonds. The molecule has 2 rings (SSSR count). The van der Waals surface area contributed by atoms with Crippen LogP contribution < -0.4 is 4.74 Å². The van der Waals surface area contributed by atoms with Crippen LogP contribution in [0.25, 0.3) is 0 Å². The number of aldehydes is 1. The molecule has 1 saturated heterocycles. The van der Waals surface area contributed by atoms with Crippen LogP contribution in [-0.4, -0.2) is 57.2 Å². The predicted molar refractivity (Wildman–Crippen MR) is 66.5 cm³/mol. The van der Waals surface area contributed by atoms with Crippen molar-refractivity contribution in [3.8, 4) is 5.75 Å². The largest absolute Gasteiger partial charge is 0.462 e. The van der Waals surface area contributed by atoms with E-state index in [1.165, 1.54) is 24.3 Å². The molecule has 1 fully saturated rings. The quantitative estimate of drug-likeness (QED) is 0.364. The Hall–Kier alpha value is -2.07. The molecular formula is C12H13NO8. The van der Waals surface area contributed by atoms with Crippen LogP contribution in [0.1, 0.15) is 0 Å². The minimum atomic E-state index is -1.61. The van der Waals surface area contributed by atoms with Crippen LogP contribution in [0.5, 0.6) is 5.75 Å². The van der Waals surface area contributed by atoms with Crippen LogP contribution in [0.2, 0.25) is 0 Å².